The molecule has 1 aliphatic carbocycles. The zero-order valence-electron chi connectivity index (χ0n) is 10.2. The van der Waals surface area contributed by atoms with Crippen molar-refractivity contribution in [2.45, 2.75) is 12.8 Å². The number of carbonyl (C=O) groups is 1. The van der Waals surface area contributed by atoms with Gasteiger partial charge in [-0.2, -0.15) is 5.10 Å². The zero-order valence-corrected chi connectivity index (χ0v) is 10.2. The molecule has 5 heteroatoms. The third kappa shape index (κ3) is 2.70. The van der Waals surface area contributed by atoms with Crippen LogP contribution in [0.25, 0.3) is 11.3 Å². The number of aromatic amines is 1. The van der Waals surface area contributed by atoms with Gasteiger partial charge in [0.1, 0.15) is 0 Å². The van der Waals surface area contributed by atoms with Gasteiger partial charge in [-0.05, 0) is 31.0 Å². The molecule has 1 saturated carbocycles. The molecule has 0 spiro atoms. The van der Waals surface area contributed by atoms with E-state index in [0.717, 1.165) is 24.1 Å². The molecule has 0 radical (unpaired) electrons. The van der Waals surface area contributed by atoms with Gasteiger partial charge < -0.3 is 5.32 Å². The van der Waals surface area contributed by atoms with Gasteiger partial charge in [0.25, 0.3) is 5.56 Å². The Balaban J connectivity index is 1.84. The molecule has 0 aliphatic heterocycles. The van der Waals surface area contributed by atoms with Crippen molar-refractivity contribution >= 4 is 11.6 Å². The average Bonchev–Trinajstić information content (AvgIpc) is 3.24. The van der Waals surface area contributed by atoms with E-state index >= 15 is 0 Å². The van der Waals surface area contributed by atoms with Crippen LogP contribution in [-0.2, 0) is 4.79 Å². The summed E-state index contributed by atoms with van der Waals surface area (Å²) in [6, 6.07) is 10.5. The lowest BCUT2D eigenvalue weighted by Crippen LogP contribution is -2.13. The first-order chi connectivity index (χ1) is 9.22. The predicted molar refractivity (Wildman–Crippen MR) is 71.6 cm³/mol. The minimum atomic E-state index is -0.234. The molecule has 2 aromatic rings. The summed E-state index contributed by atoms with van der Waals surface area (Å²) in [6.07, 6.45) is 1.96. The van der Waals surface area contributed by atoms with Gasteiger partial charge in [-0.1, -0.05) is 12.1 Å². The van der Waals surface area contributed by atoms with Gasteiger partial charge in [-0.25, -0.2) is 5.10 Å². The summed E-state index contributed by atoms with van der Waals surface area (Å²) in [7, 11) is 0. The number of H-pyrrole nitrogens is 1. The molecule has 1 aromatic carbocycles. The van der Waals surface area contributed by atoms with Crippen molar-refractivity contribution < 1.29 is 4.79 Å². The molecule has 0 bridgehead atoms. The lowest BCUT2D eigenvalue weighted by Gasteiger charge is -2.06. The van der Waals surface area contributed by atoms with E-state index in [9.17, 15) is 9.59 Å². The molecule has 1 aromatic heterocycles. The molecule has 2 N–H and O–H groups in total. The molecular weight excluding hydrogens is 242 g/mol. The van der Waals surface area contributed by atoms with Crippen LogP contribution >= 0.6 is 0 Å². The normalized spacial score (nSPS) is 14.1. The van der Waals surface area contributed by atoms with Crippen molar-refractivity contribution in [3.05, 3.63) is 46.8 Å². The van der Waals surface area contributed by atoms with Crippen molar-refractivity contribution in [2.75, 3.05) is 5.32 Å². The highest BCUT2D eigenvalue weighted by Crippen LogP contribution is 2.30. The van der Waals surface area contributed by atoms with Crippen LogP contribution in [0.5, 0.6) is 0 Å². The summed E-state index contributed by atoms with van der Waals surface area (Å²) in [4.78, 5) is 22.7. The maximum atomic E-state index is 11.7. The maximum Gasteiger partial charge on any atom is 0.264 e. The lowest BCUT2D eigenvalue weighted by atomic mass is 10.1. The minimum Gasteiger partial charge on any atom is -0.326 e. The van der Waals surface area contributed by atoms with E-state index in [1.165, 1.54) is 6.07 Å². The van der Waals surface area contributed by atoms with E-state index in [1.807, 2.05) is 24.3 Å². The fraction of sp³-hybridized carbons (Fsp3) is 0.214. The number of carbonyl (C=O) groups excluding carboxylic acids is 1. The fourth-order valence-electron chi connectivity index (χ4n) is 1.85. The molecule has 1 fully saturated rings. The summed E-state index contributed by atoms with van der Waals surface area (Å²) in [5.74, 6) is 0.251. The summed E-state index contributed by atoms with van der Waals surface area (Å²) >= 11 is 0. The highest BCUT2D eigenvalue weighted by molar-refractivity contribution is 5.94. The molecule has 0 atom stereocenters. The van der Waals surface area contributed by atoms with Crippen LogP contribution in [0.2, 0.25) is 0 Å². The number of nitrogens with one attached hydrogen (secondary N) is 2. The van der Waals surface area contributed by atoms with E-state index in [-0.39, 0.29) is 17.4 Å². The van der Waals surface area contributed by atoms with Crippen LogP contribution in [0.1, 0.15) is 12.8 Å². The summed E-state index contributed by atoms with van der Waals surface area (Å²) in [5.41, 5.74) is 2.04. The Labute approximate surface area is 109 Å². The first-order valence-corrected chi connectivity index (χ1v) is 6.19. The number of aromatic nitrogens is 2. The molecule has 1 aliphatic rings. The van der Waals surface area contributed by atoms with Crippen LogP contribution < -0.4 is 10.9 Å². The summed E-state index contributed by atoms with van der Waals surface area (Å²) in [5, 5.41) is 9.25. The lowest BCUT2D eigenvalue weighted by molar-refractivity contribution is -0.117. The molecule has 5 nitrogen and oxygen atoms in total. The van der Waals surface area contributed by atoms with E-state index < -0.39 is 0 Å². The Morgan fingerprint density at radius 2 is 2.11 bits per heavy atom. The van der Waals surface area contributed by atoms with Crippen molar-refractivity contribution in [2.24, 2.45) is 5.92 Å². The Morgan fingerprint density at radius 3 is 2.79 bits per heavy atom. The second-order valence-electron chi connectivity index (χ2n) is 4.65. The van der Waals surface area contributed by atoms with Gasteiger partial charge in [0, 0.05) is 23.2 Å². The topological polar surface area (TPSA) is 74.8 Å². The number of amides is 1. The van der Waals surface area contributed by atoms with Crippen molar-refractivity contribution in [1.82, 2.24) is 10.2 Å². The van der Waals surface area contributed by atoms with Crippen LogP contribution in [0.3, 0.4) is 0 Å². The Morgan fingerprint density at radius 1 is 1.26 bits per heavy atom. The Kier molecular flexibility index (Phi) is 2.87. The number of rotatable bonds is 3. The Bertz CT molecular complexity index is 654. The average molecular weight is 255 g/mol. The fourth-order valence-corrected chi connectivity index (χ4v) is 1.85. The standard InChI is InChI=1S/C14H13N3O2/c18-13-7-6-12(16-17-13)10-2-1-3-11(8-10)15-14(19)9-4-5-9/h1-3,6-9H,4-5H2,(H,15,19)(H,17,18). The van der Waals surface area contributed by atoms with Gasteiger partial charge in [0.05, 0.1) is 5.69 Å². The first-order valence-electron chi connectivity index (χ1n) is 6.19. The molecule has 0 unspecified atom stereocenters. The highest BCUT2D eigenvalue weighted by atomic mass is 16.2. The van der Waals surface area contributed by atoms with Crippen LogP contribution in [0.15, 0.2) is 41.2 Å². The SMILES string of the molecule is O=C(Nc1cccc(-c2ccc(=O)[nH]n2)c1)C1CC1. The Hall–Kier alpha value is -2.43. The molecule has 0 saturated heterocycles. The molecule has 1 heterocycles. The molecule has 1 amide bonds. The largest absolute Gasteiger partial charge is 0.326 e. The highest BCUT2D eigenvalue weighted by Gasteiger charge is 2.29. The third-order valence-electron chi connectivity index (χ3n) is 3.05. The predicted octanol–water partition coefficient (Wildman–Crippen LogP) is 1.79. The molecular formula is C14H13N3O2. The van der Waals surface area contributed by atoms with Crippen LogP contribution in [0, 0.1) is 5.92 Å². The van der Waals surface area contributed by atoms with Gasteiger partial charge >= 0.3 is 0 Å². The van der Waals surface area contributed by atoms with E-state index in [0.29, 0.717) is 5.69 Å². The van der Waals surface area contributed by atoms with Gasteiger partial charge in [-0.15, -0.1) is 0 Å². The second kappa shape index (κ2) is 4.68. The van der Waals surface area contributed by atoms with E-state index in [2.05, 4.69) is 15.5 Å². The number of hydrogen-bond donors (Lipinski definition) is 2. The number of benzene rings is 1. The molecule has 96 valence electrons. The molecule has 19 heavy (non-hydrogen) atoms. The van der Waals surface area contributed by atoms with Crippen molar-refractivity contribution in [3.63, 3.8) is 0 Å². The van der Waals surface area contributed by atoms with Gasteiger partial charge in [0.2, 0.25) is 5.91 Å². The quantitative estimate of drug-likeness (QED) is 0.878. The first kappa shape index (κ1) is 11.6. The van der Waals surface area contributed by atoms with Crippen molar-refractivity contribution in [1.29, 1.82) is 0 Å². The monoisotopic (exact) mass is 255 g/mol. The minimum absolute atomic E-state index is 0.0755. The third-order valence-corrected chi connectivity index (χ3v) is 3.05. The van der Waals surface area contributed by atoms with E-state index in [4.69, 9.17) is 0 Å². The number of hydrogen-bond acceptors (Lipinski definition) is 3. The number of nitrogens with zero attached hydrogens (tertiary/aromatic N) is 1. The number of anilines is 1. The van der Waals surface area contributed by atoms with Gasteiger partial charge in [0.15, 0.2) is 0 Å². The molecule has 3 rings (SSSR count). The smallest absolute Gasteiger partial charge is 0.264 e. The van der Waals surface area contributed by atoms with Crippen molar-refractivity contribution in [3.8, 4) is 11.3 Å². The second-order valence-corrected chi connectivity index (χ2v) is 4.65. The van der Waals surface area contributed by atoms with Crippen LogP contribution in [-0.4, -0.2) is 16.1 Å². The zero-order chi connectivity index (χ0) is 13.2. The maximum absolute atomic E-state index is 11.7. The summed E-state index contributed by atoms with van der Waals surface area (Å²) < 4.78 is 0. The summed E-state index contributed by atoms with van der Waals surface area (Å²) in [6.45, 7) is 0. The van der Waals surface area contributed by atoms with Crippen LogP contribution in [0.4, 0.5) is 5.69 Å². The van der Waals surface area contributed by atoms with Gasteiger partial charge in [-0.3, -0.25) is 9.59 Å². The van der Waals surface area contributed by atoms with E-state index in [1.54, 1.807) is 6.07 Å².